The van der Waals surface area contributed by atoms with Crippen molar-refractivity contribution in [1.29, 1.82) is 0 Å². The Hall–Kier alpha value is -1.99. The van der Waals surface area contributed by atoms with E-state index in [2.05, 4.69) is 0 Å². The van der Waals surface area contributed by atoms with Crippen molar-refractivity contribution in [2.75, 3.05) is 26.3 Å². The molecule has 0 aliphatic carbocycles. The van der Waals surface area contributed by atoms with Crippen LogP contribution in [0, 0.1) is 10.1 Å². The van der Waals surface area contributed by atoms with E-state index in [1.54, 1.807) is 6.07 Å². The summed E-state index contributed by atoms with van der Waals surface area (Å²) in [5.74, 6) is -0.364. The highest BCUT2D eigenvalue weighted by atomic mass is 16.6. The van der Waals surface area contributed by atoms with E-state index in [0.717, 1.165) is 0 Å². The third-order valence-electron chi connectivity index (χ3n) is 2.62. The van der Waals surface area contributed by atoms with E-state index in [1.807, 2.05) is 0 Å². The van der Waals surface area contributed by atoms with Gasteiger partial charge in [0, 0.05) is 24.7 Å². The Morgan fingerprint density at radius 1 is 1.21 bits per heavy atom. The molecule has 0 radical (unpaired) electrons. The number of aliphatic hydroxyl groups is 2. The summed E-state index contributed by atoms with van der Waals surface area (Å²) in [5.41, 5.74) is 0.210. The summed E-state index contributed by atoms with van der Waals surface area (Å²) in [5, 5.41) is 28.5. The summed E-state index contributed by atoms with van der Waals surface area (Å²) in [7, 11) is 0. The molecule has 7 nitrogen and oxygen atoms in total. The fourth-order valence-electron chi connectivity index (χ4n) is 1.72. The van der Waals surface area contributed by atoms with Crippen LogP contribution in [0.15, 0.2) is 24.3 Å². The van der Waals surface area contributed by atoms with Gasteiger partial charge < -0.3 is 15.1 Å². The normalized spacial score (nSPS) is 10.2. The first-order valence-corrected chi connectivity index (χ1v) is 5.82. The molecule has 0 aliphatic rings. The average molecular weight is 268 g/mol. The molecule has 1 rings (SSSR count). The first kappa shape index (κ1) is 15.1. The van der Waals surface area contributed by atoms with Crippen LogP contribution in [0.1, 0.15) is 5.56 Å². The van der Waals surface area contributed by atoms with Gasteiger partial charge in [0.25, 0.3) is 5.69 Å². The molecule has 2 N–H and O–H groups in total. The fraction of sp³-hybridized carbons (Fsp3) is 0.417. The molecule has 19 heavy (non-hydrogen) atoms. The zero-order chi connectivity index (χ0) is 14.3. The Morgan fingerprint density at radius 3 is 2.32 bits per heavy atom. The smallest absolute Gasteiger partial charge is 0.273 e. The number of aliphatic hydroxyl groups excluding tert-OH is 2. The number of para-hydroxylation sites is 1. The number of hydrogen-bond acceptors (Lipinski definition) is 5. The van der Waals surface area contributed by atoms with Crippen LogP contribution in [0.3, 0.4) is 0 Å². The van der Waals surface area contributed by atoms with Crippen molar-refractivity contribution in [1.82, 2.24) is 4.90 Å². The molecule has 0 saturated heterocycles. The minimum atomic E-state index is -0.537. The van der Waals surface area contributed by atoms with Gasteiger partial charge in [-0.1, -0.05) is 18.2 Å². The SMILES string of the molecule is O=C(Cc1ccccc1[N+](=O)[O-])N(CCO)CCO. The predicted molar refractivity (Wildman–Crippen MR) is 67.6 cm³/mol. The maximum absolute atomic E-state index is 11.9. The highest BCUT2D eigenvalue weighted by Gasteiger charge is 2.19. The third-order valence-corrected chi connectivity index (χ3v) is 2.62. The standard InChI is InChI=1S/C12H16N2O5/c15-7-5-13(6-8-16)12(17)9-10-3-1-2-4-11(10)14(18)19/h1-4,15-16H,5-9H2. The maximum Gasteiger partial charge on any atom is 0.273 e. The van der Waals surface area contributed by atoms with Crippen LogP contribution < -0.4 is 0 Å². The lowest BCUT2D eigenvalue weighted by Gasteiger charge is -2.20. The first-order valence-electron chi connectivity index (χ1n) is 5.82. The van der Waals surface area contributed by atoms with Gasteiger partial charge in [-0.3, -0.25) is 14.9 Å². The maximum atomic E-state index is 11.9. The Balaban J connectivity index is 2.83. The lowest BCUT2D eigenvalue weighted by Crippen LogP contribution is -2.36. The number of amides is 1. The predicted octanol–water partition coefficient (Wildman–Crippen LogP) is -0.0495. The third kappa shape index (κ3) is 4.31. The molecule has 0 bridgehead atoms. The van der Waals surface area contributed by atoms with Crippen LogP contribution >= 0.6 is 0 Å². The van der Waals surface area contributed by atoms with E-state index in [4.69, 9.17) is 10.2 Å². The molecule has 1 aromatic carbocycles. The molecule has 1 aromatic rings. The monoisotopic (exact) mass is 268 g/mol. The van der Waals surface area contributed by atoms with Crippen LogP contribution in [0.5, 0.6) is 0 Å². The lowest BCUT2D eigenvalue weighted by atomic mass is 10.1. The summed E-state index contributed by atoms with van der Waals surface area (Å²) in [6, 6.07) is 6.01. The van der Waals surface area contributed by atoms with Gasteiger partial charge in [0.1, 0.15) is 0 Å². The number of benzene rings is 1. The van der Waals surface area contributed by atoms with Crippen LogP contribution in [0.2, 0.25) is 0 Å². The summed E-state index contributed by atoms with van der Waals surface area (Å²) in [4.78, 5) is 23.5. The minimum Gasteiger partial charge on any atom is -0.395 e. The summed E-state index contributed by atoms with van der Waals surface area (Å²) in [6.07, 6.45) is -0.128. The fourth-order valence-corrected chi connectivity index (χ4v) is 1.72. The van der Waals surface area contributed by atoms with E-state index in [0.29, 0.717) is 5.56 Å². The van der Waals surface area contributed by atoms with Crippen molar-refractivity contribution in [2.24, 2.45) is 0 Å². The molecule has 7 heteroatoms. The molecule has 0 aliphatic heterocycles. The number of nitro benzene ring substituents is 1. The van der Waals surface area contributed by atoms with Crippen LogP contribution in [-0.2, 0) is 11.2 Å². The zero-order valence-electron chi connectivity index (χ0n) is 10.4. The van der Waals surface area contributed by atoms with Crippen molar-refractivity contribution in [3.05, 3.63) is 39.9 Å². The van der Waals surface area contributed by atoms with Crippen molar-refractivity contribution >= 4 is 11.6 Å². The van der Waals surface area contributed by atoms with Gasteiger partial charge in [0.05, 0.1) is 24.6 Å². The Bertz CT molecular complexity index is 444. The van der Waals surface area contributed by atoms with Crippen LogP contribution in [0.4, 0.5) is 5.69 Å². The highest BCUT2D eigenvalue weighted by molar-refractivity contribution is 5.80. The molecule has 0 spiro atoms. The van der Waals surface area contributed by atoms with E-state index < -0.39 is 4.92 Å². The van der Waals surface area contributed by atoms with Gasteiger partial charge in [-0.05, 0) is 0 Å². The van der Waals surface area contributed by atoms with Gasteiger partial charge in [-0.25, -0.2) is 0 Å². The summed E-state index contributed by atoms with van der Waals surface area (Å²) in [6.45, 7) is -0.245. The molecular formula is C12H16N2O5. The molecular weight excluding hydrogens is 252 g/mol. The molecule has 0 atom stereocenters. The van der Waals surface area contributed by atoms with Gasteiger partial charge >= 0.3 is 0 Å². The van der Waals surface area contributed by atoms with Gasteiger partial charge in [-0.15, -0.1) is 0 Å². The van der Waals surface area contributed by atoms with Crippen LogP contribution in [0.25, 0.3) is 0 Å². The minimum absolute atomic E-state index is 0.0972. The molecule has 104 valence electrons. The average Bonchev–Trinajstić information content (AvgIpc) is 2.38. The van der Waals surface area contributed by atoms with Crippen molar-refractivity contribution < 1.29 is 19.9 Å². The van der Waals surface area contributed by atoms with Crippen molar-refractivity contribution in [3.8, 4) is 0 Å². The number of nitrogens with zero attached hydrogens (tertiary/aromatic N) is 2. The molecule has 0 fully saturated rings. The number of rotatable bonds is 7. The van der Waals surface area contributed by atoms with E-state index in [9.17, 15) is 14.9 Å². The van der Waals surface area contributed by atoms with Gasteiger partial charge in [0.2, 0.25) is 5.91 Å². The number of carbonyl (C=O) groups excluding carboxylic acids is 1. The van der Waals surface area contributed by atoms with Crippen molar-refractivity contribution in [2.45, 2.75) is 6.42 Å². The summed E-state index contributed by atoms with van der Waals surface area (Å²) < 4.78 is 0. The number of nitro groups is 1. The molecule has 1 amide bonds. The molecule has 0 unspecified atom stereocenters. The quantitative estimate of drug-likeness (QED) is 0.533. The topological polar surface area (TPSA) is 104 Å². The second-order valence-corrected chi connectivity index (χ2v) is 3.89. The van der Waals surface area contributed by atoms with Crippen molar-refractivity contribution in [3.63, 3.8) is 0 Å². The Kier molecular flexibility index (Phi) is 5.91. The number of hydrogen-bond donors (Lipinski definition) is 2. The second-order valence-electron chi connectivity index (χ2n) is 3.89. The largest absolute Gasteiger partial charge is 0.395 e. The van der Waals surface area contributed by atoms with E-state index in [1.165, 1.54) is 23.1 Å². The molecule has 0 aromatic heterocycles. The first-order chi connectivity index (χ1) is 9.10. The Morgan fingerprint density at radius 2 is 1.79 bits per heavy atom. The van der Waals surface area contributed by atoms with Crippen LogP contribution in [-0.4, -0.2) is 52.2 Å². The highest BCUT2D eigenvalue weighted by Crippen LogP contribution is 2.18. The second kappa shape index (κ2) is 7.45. The van der Waals surface area contributed by atoms with Gasteiger partial charge in [-0.2, -0.15) is 0 Å². The number of carbonyl (C=O) groups is 1. The van der Waals surface area contributed by atoms with Gasteiger partial charge in [0.15, 0.2) is 0 Å². The van der Waals surface area contributed by atoms with E-state index >= 15 is 0 Å². The summed E-state index contributed by atoms with van der Waals surface area (Å²) >= 11 is 0. The van der Waals surface area contributed by atoms with E-state index in [-0.39, 0.29) is 44.3 Å². The zero-order valence-corrected chi connectivity index (χ0v) is 10.4. The molecule has 0 saturated carbocycles. The molecule has 0 heterocycles. The Labute approximate surface area is 110 Å². The lowest BCUT2D eigenvalue weighted by molar-refractivity contribution is -0.385.